The minimum atomic E-state index is 0.587. The van der Waals surface area contributed by atoms with E-state index >= 15 is 0 Å². The number of furan rings is 1. The largest absolute Gasteiger partial charge is 0.456 e. The van der Waals surface area contributed by atoms with Crippen LogP contribution < -0.4 is 0 Å². The van der Waals surface area contributed by atoms with E-state index in [0.717, 1.165) is 77.3 Å². The number of hydrogen-bond acceptors (Lipinski definition) is 4. The summed E-state index contributed by atoms with van der Waals surface area (Å²) in [5, 5.41) is 11.7. The summed E-state index contributed by atoms with van der Waals surface area (Å²) in [6.07, 6.45) is 0. The van der Waals surface area contributed by atoms with Gasteiger partial charge in [0.25, 0.3) is 0 Å². The molecule has 0 saturated carbocycles. The van der Waals surface area contributed by atoms with Crippen molar-refractivity contribution in [3.63, 3.8) is 0 Å². The molecule has 0 spiro atoms. The molecule has 0 saturated heterocycles. The highest BCUT2D eigenvalue weighted by Crippen LogP contribution is 2.42. The van der Waals surface area contributed by atoms with Gasteiger partial charge in [0.1, 0.15) is 11.2 Å². The Balaban J connectivity index is 0.957. The number of nitrogens with zero attached hydrogens (tertiary/aromatic N) is 4. The number of rotatable bonds is 6. The van der Waals surface area contributed by atoms with Crippen molar-refractivity contribution in [3.8, 4) is 62.1 Å². The SMILES string of the molecule is c1ccc(-c2ccc(-c3nc(-c4cccc(-c5ccccc5)c4)nc(-c4ccc5oc6ccc7ccc(-n8c9cc%10ccccc%10cc9c9c%10ccccc%10ccc98)cc7c6c5c4)n3)cc2)cc1. The van der Waals surface area contributed by atoms with Gasteiger partial charge in [-0.15, -0.1) is 0 Å². The van der Waals surface area contributed by atoms with Gasteiger partial charge in [-0.05, 0) is 115 Å². The third-order valence-corrected chi connectivity index (χ3v) is 13.6. The molecule has 3 aromatic heterocycles. The van der Waals surface area contributed by atoms with Gasteiger partial charge in [0.15, 0.2) is 17.5 Å². The van der Waals surface area contributed by atoms with E-state index < -0.39 is 0 Å². The fourth-order valence-corrected chi connectivity index (χ4v) is 10.3. The van der Waals surface area contributed by atoms with E-state index in [1.54, 1.807) is 0 Å². The van der Waals surface area contributed by atoms with E-state index in [1.165, 1.54) is 43.4 Å². The van der Waals surface area contributed by atoms with Crippen LogP contribution in [0.5, 0.6) is 0 Å². The van der Waals surface area contributed by atoms with Crippen LogP contribution in [0.15, 0.2) is 235 Å². The van der Waals surface area contributed by atoms with Gasteiger partial charge in [-0.2, -0.15) is 0 Å². The molecule has 0 amide bonds. The smallest absolute Gasteiger partial charge is 0.164 e. The van der Waals surface area contributed by atoms with E-state index in [-0.39, 0.29) is 0 Å². The Morgan fingerprint density at radius 3 is 1.60 bits per heavy atom. The molecule has 5 nitrogen and oxygen atoms in total. The zero-order chi connectivity index (χ0) is 44.7. The van der Waals surface area contributed by atoms with Crippen molar-refractivity contribution >= 4 is 76.1 Å². The molecule has 14 rings (SSSR count). The predicted molar refractivity (Wildman–Crippen MR) is 281 cm³/mol. The second-order valence-corrected chi connectivity index (χ2v) is 17.6. The van der Waals surface area contributed by atoms with E-state index in [1.807, 2.05) is 12.1 Å². The molecule has 0 aliphatic heterocycles. The maximum absolute atomic E-state index is 6.65. The van der Waals surface area contributed by atoms with Crippen LogP contribution >= 0.6 is 0 Å². The first-order valence-corrected chi connectivity index (χ1v) is 23.0. The zero-order valence-electron chi connectivity index (χ0n) is 36.6. The van der Waals surface area contributed by atoms with Crippen molar-refractivity contribution in [2.45, 2.75) is 0 Å². The van der Waals surface area contributed by atoms with Crippen LogP contribution in [0.2, 0.25) is 0 Å². The fraction of sp³-hybridized carbons (Fsp3) is 0. The second-order valence-electron chi connectivity index (χ2n) is 17.6. The van der Waals surface area contributed by atoms with Gasteiger partial charge in [0, 0.05) is 43.9 Å². The third kappa shape index (κ3) is 6.21. The molecular weight excluding hydrogens is 829 g/mol. The highest BCUT2D eigenvalue weighted by molar-refractivity contribution is 6.24. The topological polar surface area (TPSA) is 56.7 Å². The van der Waals surface area contributed by atoms with Crippen molar-refractivity contribution in [2.24, 2.45) is 0 Å². The van der Waals surface area contributed by atoms with Gasteiger partial charge < -0.3 is 8.98 Å². The first kappa shape index (κ1) is 38.1. The lowest BCUT2D eigenvalue weighted by atomic mass is 10.0. The van der Waals surface area contributed by atoms with E-state index in [0.29, 0.717) is 17.5 Å². The van der Waals surface area contributed by atoms with Crippen LogP contribution in [0.4, 0.5) is 0 Å². The Morgan fingerprint density at radius 1 is 0.279 bits per heavy atom. The van der Waals surface area contributed by atoms with E-state index in [9.17, 15) is 0 Å². The predicted octanol–water partition coefficient (Wildman–Crippen LogP) is 16.7. The van der Waals surface area contributed by atoms with Crippen molar-refractivity contribution in [3.05, 3.63) is 231 Å². The maximum Gasteiger partial charge on any atom is 0.164 e. The zero-order valence-corrected chi connectivity index (χ0v) is 36.6. The molecule has 0 fully saturated rings. The molecule has 316 valence electrons. The molecule has 3 heterocycles. The summed E-state index contributed by atoms with van der Waals surface area (Å²) in [5.41, 5.74) is 12.3. The lowest BCUT2D eigenvalue weighted by Crippen LogP contribution is -2.00. The molecule has 11 aromatic carbocycles. The molecule has 0 aliphatic rings. The molecule has 0 unspecified atom stereocenters. The second kappa shape index (κ2) is 15.2. The van der Waals surface area contributed by atoms with Gasteiger partial charge in [0.05, 0.1) is 11.0 Å². The summed E-state index contributed by atoms with van der Waals surface area (Å²) in [7, 11) is 0. The Kier molecular flexibility index (Phi) is 8.52. The molecule has 0 aliphatic carbocycles. The molecule has 14 aromatic rings. The van der Waals surface area contributed by atoms with Crippen molar-refractivity contribution in [2.75, 3.05) is 0 Å². The lowest BCUT2D eigenvalue weighted by Gasteiger charge is -2.11. The van der Waals surface area contributed by atoms with Crippen molar-refractivity contribution in [1.29, 1.82) is 0 Å². The number of aromatic nitrogens is 4. The van der Waals surface area contributed by atoms with Crippen LogP contribution in [0.3, 0.4) is 0 Å². The normalized spacial score (nSPS) is 11.8. The molecule has 5 heteroatoms. The van der Waals surface area contributed by atoms with Gasteiger partial charge in [-0.3, -0.25) is 0 Å². The lowest BCUT2D eigenvalue weighted by molar-refractivity contribution is 0.669. The minimum Gasteiger partial charge on any atom is -0.456 e. The summed E-state index contributed by atoms with van der Waals surface area (Å²) in [6, 6.07) is 81.7. The summed E-state index contributed by atoms with van der Waals surface area (Å²) < 4.78 is 9.08. The average Bonchev–Trinajstić information content (AvgIpc) is 3.96. The monoisotopic (exact) mass is 866 g/mol. The summed E-state index contributed by atoms with van der Waals surface area (Å²) in [4.78, 5) is 15.6. The average molecular weight is 867 g/mol. The van der Waals surface area contributed by atoms with Gasteiger partial charge in [0.2, 0.25) is 0 Å². The fourth-order valence-electron chi connectivity index (χ4n) is 10.3. The highest BCUT2D eigenvalue weighted by atomic mass is 16.3. The molecule has 0 bridgehead atoms. The minimum absolute atomic E-state index is 0.587. The Hall–Kier alpha value is -9.19. The number of hydrogen-bond donors (Lipinski definition) is 0. The molecule has 68 heavy (non-hydrogen) atoms. The number of fused-ring (bicyclic) bond motifs is 11. The van der Waals surface area contributed by atoms with Gasteiger partial charge >= 0.3 is 0 Å². The molecule has 0 radical (unpaired) electrons. The van der Waals surface area contributed by atoms with Crippen LogP contribution in [-0.4, -0.2) is 19.5 Å². The molecular formula is C63H38N4O. The van der Waals surface area contributed by atoms with Crippen molar-refractivity contribution < 1.29 is 4.42 Å². The summed E-state index contributed by atoms with van der Waals surface area (Å²) in [5.74, 6) is 1.80. The standard InChI is InChI=1S/C63H38N4O/c1-3-12-39(13-4-1)41-22-24-44(25-23-41)61-64-62(48-20-11-19-45(34-48)40-14-5-2-6-15-40)66-63(65-61)49-29-32-57-54(36-49)60-52-38-50(30-26-43(52)28-33-58(60)68-57)67-55-31-27-42-16-9-10-21-51(42)59(55)53-35-46-17-7-8-18-47(46)37-56(53)67/h1-38H. The van der Waals surface area contributed by atoms with Crippen LogP contribution in [0, 0.1) is 0 Å². The van der Waals surface area contributed by atoms with Crippen LogP contribution in [0.1, 0.15) is 0 Å². The maximum atomic E-state index is 6.65. The van der Waals surface area contributed by atoms with E-state index in [4.69, 9.17) is 19.4 Å². The Bertz CT molecular complexity index is 4300. The Labute approximate surface area is 390 Å². The summed E-state index contributed by atoms with van der Waals surface area (Å²) >= 11 is 0. The highest BCUT2D eigenvalue weighted by Gasteiger charge is 2.20. The first-order chi connectivity index (χ1) is 33.7. The summed E-state index contributed by atoms with van der Waals surface area (Å²) in [6.45, 7) is 0. The first-order valence-electron chi connectivity index (χ1n) is 23.0. The van der Waals surface area contributed by atoms with E-state index in [2.05, 4.69) is 223 Å². The van der Waals surface area contributed by atoms with Crippen LogP contribution in [-0.2, 0) is 0 Å². The number of benzene rings is 11. The molecule has 0 atom stereocenters. The van der Waals surface area contributed by atoms with Gasteiger partial charge in [-0.25, -0.2) is 15.0 Å². The van der Waals surface area contributed by atoms with Crippen LogP contribution in [0.25, 0.3) is 138 Å². The molecule has 0 N–H and O–H groups in total. The quantitative estimate of drug-likeness (QED) is 0.167. The van der Waals surface area contributed by atoms with Crippen molar-refractivity contribution in [1.82, 2.24) is 19.5 Å². The Morgan fingerprint density at radius 2 is 0.824 bits per heavy atom. The third-order valence-electron chi connectivity index (χ3n) is 13.6. The van der Waals surface area contributed by atoms with Gasteiger partial charge in [-0.1, -0.05) is 170 Å².